The van der Waals surface area contributed by atoms with Crippen LogP contribution in [0.15, 0.2) is 158 Å². The average Bonchev–Trinajstić information content (AvgIpc) is 3.12. The Labute approximate surface area is 255 Å². The van der Waals surface area contributed by atoms with Crippen LogP contribution in [0.3, 0.4) is 0 Å². The number of pyridine rings is 2. The first-order chi connectivity index (χ1) is 21.8. The summed E-state index contributed by atoms with van der Waals surface area (Å²) in [5, 5.41) is 4.87. The van der Waals surface area contributed by atoms with E-state index in [0.29, 0.717) is 5.82 Å². The Kier molecular flexibility index (Phi) is 6.43. The average molecular weight is 563 g/mol. The van der Waals surface area contributed by atoms with Gasteiger partial charge in [-0.25, -0.2) is 9.97 Å². The minimum absolute atomic E-state index is 0.695. The summed E-state index contributed by atoms with van der Waals surface area (Å²) in [7, 11) is 0. The van der Waals surface area contributed by atoms with Crippen molar-refractivity contribution in [2.75, 3.05) is 0 Å². The van der Waals surface area contributed by atoms with Crippen LogP contribution in [0.25, 0.3) is 77.7 Å². The molecule has 0 spiro atoms. The first-order valence-corrected chi connectivity index (χ1v) is 14.6. The van der Waals surface area contributed by atoms with Crippen LogP contribution in [0.5, 0.6) is 0 Å². The standard InChI is InChI=1S/C40H26N4/c1-2-8-36-29(5-1)13-18-32-23-33(19-20-37(32)36)40-43-38(30-14-9-27(10-15-30)34-6-3-21-41-25-34)24-39(44-40)31-16-11-28(12-17-31)35-7-4-22-42-26-35/h1-26H. The smallest absolute Gasteiger partial charge is 0.160 e. The van der Waals surface area contributed by atoms with Gasteiger partial charge in [-0.2, -0.15) is 0 Å². The number of fused-ring (bicyclic) bond motifs is 3. The van der Waals surface area contributed by atoms with Crippen molar-refractivity contribution in [3.63, 3.8) is 0 Å². The minimum atomic E-state index is 0.695. The molecule has 4 nitrogen and oxygen atoms in total. The zero-order chi connectivity index (χ0) is 29.3. The largest absolute Gasteiger partial charge is 0.264 e. The summed E-state index contributed by atoms with van der Waals surface area (Å²) in [5.74, 6) is 0.695. The van der Waals surface area contributed by atoms with E-state index in [4.69, 9.17) is 9.97 Å². The third-order valence-corrected chi connectivity index (χ3v) is 8.08. The summed E-state index contributed by atoms with van der Waals surface area (Å²) in [4.78, 5) is 18.8. The van der Waals surface area contributed by atoms with Crippen LogP contribution >= 0.6 is 0 Å². The zero-order valence-electron chi connectivity index (χ0n) is 23.8. The summed E-state index contributed by atoms with van der Waals surface area (Å²) in [6, 6.07) is 46.5. The van der Waals surface area contributed by atoms with Gasteiger partial charge in [0.1, 0.15) is 0 Å². The first kappa shape index (κ1) is 25.7. The maximum absolute atomic E-state index is 5.10. The van der Waals surface area contributed by atoms with E-state index in [1.807, 2.05) is 24.5 Å². The molecule has 4 heteroatoms. The van der Waals surface area contributed by atoms with Gasteiger partial charge in [0.15, 0.2) is 5.82 Å². The fraction of sp³-hybridized carbons (Fsp3) is 0. The van der Waals surface area contributed by atoms with Crippen molar-refractivity contribution in [1.82, 2.24) is 19.9 Å². The molecule has 0 aliphatic heterocycles. The van der Waals surface area contributed by atoms with Gasteiger partial charge in [-0.05, 0) is 68.1 Å². The van der Waals surface area contributed by atoms with Crippen LogP contribution in [0.1, 0.15) is 0 Å². The lowest BCUT2D eigenvalue weighted by Crippen LogP contribution is -1.96. The van der Waals surface area contributed by atoms with Crippen molar-refractivity contribution in [3.05, 3.63) is 158 Å². The van der Waals surface area contributed by atoms with Gasteiger partial charge in [0.05, 0.1) is 11.4 Å². The molecular weight excluding hydrogens is 536 g/mol. The van der Waals surface area contributed by atoms with Gasteiger partial charge < -0.3 is 0 Å². The molecule has 206 valence electrons. The molecule has 0 N–H and O–H groups in total. The maximum atomic E-state index is 5.10. The van der Waals surface area contributed by atoms with E-state index in [1.54, 1.807) is 12.4 Å². The lowest BCUT2D eigenvalue weighted by molar-refractivity contribution is 1.18. The van der Waals surface area contributed by atoms with E-state index in [9.17, 15) is 0 Å². The minimum Gasteiger partial charge on any atom is -0.264 e. The molecule has 3 heterocycles. The van der Waals surface area contributed by atoms with Crippen molar-refractivity contribution in [2.45, 2.75) is 0 Å². The van der Waals surface area contributed by atoms with Crippen molar-refractivity contribution < 1.29 is 0 Å². The normalized spacial score (nSPS) is 11.2. The van der Waals surface area contributed by atoms with Crippen LogP contribution < -0.4 is 0 Å². The van der Waals surface area contributed by atoms with Crippen LogP contribution in [0.4, 0.5) is 0 Å². The van der Waals surface area contributed by atoms with Gasteiger partial charge in [0, 0.05) is 41.5 Å². The SMILES string of the molecule is c1cncc(-c2ccc(-c3cc(-c4ccc(-c5cccnc5)cc4)nc(-c4ccc5c(ccc6ccccc65)c4)n3)cc2)c1. The van der Waals surface area contributed by atoms with E-state index in [-0.39, 0.29) is 0 Å². The van der Waals surface area contributed by atoms with Crippen LogP contribution in [-0.2, 0) is 0 Å². The molecule has 8 aromatic rings. The first-order valence-electron chi connectivity index (χ1n) is 14.6. The summed E-state index contributed by atoms with van der Waals surface area (Å²) in [6.07, 6.45) is 7.35. The van der Waals surface area contributed by atoms with Crippen LogP contribution in [-0.4, -0.2) is 19.9 Å². The van der Waals surface area contributed by atoms with E-state index >= 15 is 0 Å². The highest BCUT2D eigenvalue weighted by Crippen LogP contribution is 2.33. The quantitative estimate of drug-likeness (QED) is 0.196. The molecule has 0 amide bonds. The second kappa shape index (κ2) is 11.0. The predicted molar refractivity (Wildman–Crippen MR) is 180 cm³/mol. The monoisotopic (exact) mass is 562 g/mol. The molecule has 0 unspecified atom stereocenters. The number of benzene rings is 5. The Hall–Kier alpha value is -6.00. The molecule has 0 aliphatic rings. The second-order valence-corrected chi connectivity index (χ2v) is 10.8. The second-order valence-electron chi connectivity index (χ2n) is 10.8. The molecule has 0 saturated heterocycles. The molecule has 0 radical (unpaired) electrons. The number of aromatic nitrogens is 4. The summed E-state index contributed by atoms with van der Waals surface area (Å²) >= 11 is 0. The van der Waals surface area contributed by atoms with Gasteiger partial charge in [-0.3, -0.25) is 9.97 Å². The zero-order valence-corrected chi connectivity index (χ0v) is 23.8. The molecule has 0 atom stereocenters. The highest BCUT2D eigenvalue weighted by Gasteiger charge is 2.13. The molecule has 0 bridgehead atoms. The Bertz CT molecular complexity index is 2140. The number of nitrogens with zero attached hydrogens (tertiary/aromatic N) is 4. The molecule has 0 aliphatic carbocycles. The number of hydrogen-bond acceptors (Lipinski definition) is 4. The topological polar surface area (TPSA) is 51.6 Å². The third kappa shape index (κ3) is 4.89. The molecule has 5 aromatic carbocycles. The van der Waals surface area contributed by atoms with Crippen LogP contribution in [0.2, 0.25) is 0 Å². The molecule has 44 heavy (non-hydrogen) atoms. The highest BCUT2D eigenvalue weighted by atomic mass is 14.9. The van der Waals surface area contributed by atoms with E-state index in [0.717, 1.165) is 50.3 Å². The van der Waals surface area contributed by atoms with E-state index in [2.05, 4.69) is 131 Å². The number of rotatable bonds is 5. The van der Waals surface area contributed by atoms with Crippen molar-refractivity contribution in [1.29, 1.82) is 0 Å². The van der Waals surface area contributed by atoms with Crippen LogP contribution in [0, 0.1) is 0 Å². The summed E-state index contributed by atoms with van der Waals surface area (Å²) < 4.78 is 0. The fourth-order valence-electron chi connectivity index (χ4n) is 5.76. The summed E-state index contributed by atoms with van der Waals surface area (Å²) in [5.41, 5.74) is 9.18. The Balaban J connectivity index is 1.24. The predicted octanol–water partition coefficient (Wildman–Crippen LogP) is 9.91. The molecule has 0 saturated carbocycles. The molecule has 0 fully saturated rings. The third-order valence-electron chi connectivity index (χ3n) is 8.08. The molecular formula is C40H26N4. The molecule has 3 aromatic heterocycles. The van der Waals surface area contributed by atoms with E-state index < -0.39 is 0 Å². The van der Waals surface area contributed by atoms with E-state index in [1.165, 1.54) is 21.5 Å². The Morgan fingerprint density at radius 2 is 0.864 bits per heavy atom. The maximum Gasteiger partial charge on any atom is 0.160 e. The van der Waals surface area contributed by atoms with Crippen molar-refractivity contribution >= 4 is 21.5 Å². The Morgan fingerprint density at radius 1 is 0.341 bits per heavy atom. The number of hydrogen-bond donors (Lipinski definition) is 0. The van der Waals surface area contributed by atoms with Crippen molar-refractivity contribution in [2.24, 2.45) is 0 Å². The van der Waals surface area contributed by atoms with Gasteiger partial charge in [-0.1, -0.05) is 109 Å². The lowest BCUT2D eigenvalue weighted by Gasteiger charge is -2.12. The highest BCUT2D eigenvalue weighted by molar-refractivity contribution is 6.08. The van der Waals surface area contributed by atoms with Gasteiger partial charge in [-0.15, -0.1) is 0 Å². The van der Waals surface area contributed by atoms with Crippen molar-refractivity contribution in [3.8, 4) is 56.2 Å². The lowest BCUT2D eigenvalue weighted by atomic mass is 9.99. The Morgan fingerprint density at radius 3 is 1.45 bits per heavy atom. The van der Waals surface area contributed by atoms with Gasteiger partial charge in [0.25, 0.3) is 0 Å². The summed E-state index contributed by atoms with van der Waals surface area (Å²) in [6.45, 7) is 0. The molecule has 8 rings (SSSR count). The van der Waals surface area contributed by atoms with Gasteiger partial charge in [0.2, 0.25) is 0 Å². The van der Waals surface area contributed by atoms with Gasteiger partial charge >= 0.3 is 0 Å². The fourth-order valence-corrected chi connectivity index (χ4v) is 5.76.